The number of benzene rings is 12. The number of fused-ring (bicyclic) bond motifs is 4. The summed E-state index contributed by atoms with van der Waals surface area (Å²) in [5, 5.41) is 10.7. The van der Waals surface area contributed by atoms with Crippen molar-refractivity contribution in [3.63, 3.8) is 0 Å². The molecule has 0 saturated carbocycles. The van der Waals surface area contributed by atoms with Crippen LogP contribution in [0.15, 0.2) is 280 Å². The highest BCUT2D eigenvalue weighted by atomic mass is 15.2. The van der Waals surface area contributed by atoms with E-state index in [2.05, 4.69) is 302 Å². The van der Waals surface area contributed by atoms with Gasteiger partial charge in [-0.3, -0.25) is 19.9 Å². The van der Waals surface area contributed by atoms with Crippen molar-refractivity contribution in [3.8, 4) is 0 Å². The maximum absolute atomic E-state index is 5.19. The zero-order chi connectivity index (χ0) is 59.0. The summed E-state index contributed by atoms with van der Waals surface area (Å²) >= 11 is 0. The first kappa shape index (κ1) is 52.1. The van der Waals surface area contributed by atoms with E-state index >= 15 is 0 Å². The fraction of sp³-hybridized carbons (Fsp3) is 0.0500. The van der Waals surface area contributed by atoms with Crippen molar-refractivity contribution in [2.75, 3.05) is 19.6 Å². The summed E-state index contributed by atoms with van der Waals surface area (Å²) in [5.74, 6) is 0. The number of pyridine rings is 4. The highest BCUT2D eigenvalue weighted by Gasteiger charge is 2.31. The van der Waals surface area contributed by atoms with Gasteiger partial charge >= 0.3 is 0 Å². The number of aryl methyl sites for hydroxylation is 4. The zero-order valence-electron chi connectivity index (χ0n) is 49.1. The first-order chi connectivity index (χ1) is 43.3. The van der Waals surface area contributed by atoms with Gasteiger partial charge in [0, 0.05) is 76.6 Å². The molecule has 0 saturated heterocycles. The van der Waals surface area contributed by atoms with Gasteiger partial charge < -0.3 is 19.6 Å². The van der Waals surface area contributed by atoms with E-state index in [-0.39, 0.29) is 0 Å². The highest BCUT2D eigenvalue weighted by molar-refractivity contribution is 6.33. The molecule has 0 atom stereocenters. The third kappa shape index (κ3) is 8.75. The Labute approximate surface area is 510 Å². The number of anilines is 12. The van der Waals surface area contributed by atoms with Gasteiger partial charge in [0.2, 0.25) is 0 Å². The SMILES string of the molecule is Cc1ccccc1N(c1cnc2ccccc2c1)c1cc(N(c2cnc3ccccc3c2)c2ccccc2C)c2ccc3c(N(c4cnc5ccccc5c4)c4ccccc4C)cc(N(c4cnc5ccccc5c4)c4ccccc4C)c4ccc1c2c43. The van der Waals surface area contributed by atoms with Crippen molar-refractivity contribution in [3.05, 3.63) is 302 Å². The van der Waals surface area contributed by atoms with Crippen LogP contribution >= 0.6 is 0 Å². The first-order valence-corrected chi connectivity index (χ1v) is 29.9. The lowest BCUT2D eigenvalue weighted by Crippen LogP contribution is -2.17. The first-order valence-electron chi connectivity index (χ1n) is 29.9. The van der Waals surface area contributed by atoms with E-state index in [9.17, 15) is 0 Å². The fourth-order valence-electron chi connectivity index (χ4n) is 13.3. The molecule has 0 amide bonds. The number of hydrogen-bond acceptors (Lipinski definition) is 8. The molecule has 0 bridgehead atoms. The molecule has 4 aromatic heterocycles. The van der Waals surface area contributed by atoms with Crippen LogP contribution in [0.2, 0.25) is 0 Å². The van der Waals surface area contributed by atoms with Gasteiger partial charge in [0.25, 0.3) is 0 Å². The molecule has 0 fully saturated rings. The molecule has 8 nitrogen and oxygen atoms in total. The lowest BCUT2D eigenvalue weighted by Gasteiger charge is -2.35. The Morgan fingerprint density at radius 2 is 0.432 bits per heavy atom. The number of nitrogens with zero attached hydrogens (tertiary/aromatic N) is 8. The Hall–Kier alpha value is -11.5. The molecule has 8 heteroatoms. The van der Waals surface area contributed by atoms with Gasteiger partial charge in [-0.05, 0) is 135 Å². The van der Waals surface area contributed by atoms with E-state index in [0.717, 1.165) is 166 Å². The monoisotopic (exact) mass is 1130 g/mol. The second-order valence-corrected chi connectivity index (χ2v) is 22.9. The predicted molar refractivity (Wildman–Crippen MR) is 369 cm³/mol. The van der Waals surface area contributed by atoms with Gasteiger partial charge in [-0.2, -0.15) is 0 Å². The van der Waals surface area contributed by atoms with Crippen LogP contribution in [0.5, 0.6) is 0 Å². The number of rotatable bonds is 12. The Kier molecular flexibility index (Phi) is 12.6. The minimum absolute atomic E-state index is 0.932. The molecule has 0 aliphatic carbocycles. The second kappa shape index (κ2) is 21.2. The van der Waals surface area contributed by atoms with Crippen molar-refractivity contribution < 1.29 is 0 Å². The molecule has 0 N–H and O–H groups in total. The second-order valence-electron chi connectivity index (χ2n) is 22.9. The zero-order valence-corrected chi connectivity index (χ0v) is 49.1. The van der Waals surface area contributed by atoms with Crippen LogP contribution in [-0.2, 0) is 0 Å². The van der Waals surface area contributed by atoms with Crippen molar-refractivity contribution in [1.29, 1.82) is 0 Å². The average Bonchev–Trinajstić information content (AvgIpc) is 0.747. The minimum Gasteiger partial charge on any atom is -0.308 e. The smallest absolute Gasteiger partial charge is 0.0703 e. The van der Waals surface area contributed by atoms with E-state index in [4.69, 9.17) is 19.9 Å². The van der Waals surface area contributed by atoms with E-state index in [1.807, 2.05) is 24.8 Å². The molecule has 16 rings (SSSR count). The lowest BCUT2D eigenvalue weighted by atomic mass is 9.88. The van der Waals surface area contributed by atoms with Crippen LogP contribution < -0.4 is 19.6 Å². The molecule has 12 aromatic carbocycles. The molecule has 0 spiro atoms. The predicted octanol–water partition coefficient (Wildman–Crippen LogP) is 21.9. The van der Waals surface area contributed by atoms with Crippen LogP contribution in [0.3, 0.4) is 0 Å². The lowest BCUT2D eigenvalue weighted by molar-refractivity contribution is 1.22. The van der Waals surface area contributed by atoms with Crippen molar-refractivity contribution in [2.45, 2.75) is 27.7 Å². The summed E-state index contributed by atoms with van der Waals surface area (Å²) in [6, 6.07) is 91.8. The summed E-state index contributed by atoms with van der Waals surface area (Å²) in [6.45, 7) is 8.82. The van der Waals surface area contributed by atoms with Crippen molar-refractivity contribution in [2.24, 2.45) is 0 Å². The molecule has 16 aromatic rings. The van der Waals surface area contributed by atoms with Crippen LogP contribution in [0.4, 0.5) is 68.2 Å². The van der Waals surface area contributed by atoms with Gasteiger partial charge in [-0.1, -0.05) is 170 Å². The molecular formula is C80H58N8. The number of hydrogen-bond donors (Lipinski definition) is 0. The largest absolute Gasteiger partial charge is 0.308 e. The van der Waals surface area contributed by atoms with Gasteiger partial charge in [0.1, 0.15) is 0 Å². The maximum Gasteiger partial charge on any atom is 0.0703 e. The Morgan fingerprint density at radius 1 is 0.216 bits per heavy atom. The normalized spacial score (nSPS) is 11.6. The fourth-order valence-corrected chi connectivity index (χ4v) is 13.3. The van der Waals surface area contributed by atoms with Crippen LogP contribution in [0.25, 0.3) is 75.9 Å². The molecule has 0 radical (unpaired) electrons. The maximum atomic E-state index is 5.19. The van der Waals surface area contributed by atoms with E-state index in [0.29, 0.717) is 0 Å². The van der Waals surface area contributed by atoms with E-state index in [1.54, 1.807) is 0 Å². The number of para-hydroxylation sites is 8. The van der Waals surface area contributed by atoms with Gasteiger partial charge in [0.05, 0.1) is 92.4 Å². The molecule has 88 heavy (non-hydrogen) atoms. The topological polar surface area (TPSA) is 64.5 Å². The Morgan fingerprint density at radius 3 is 0.670 bits per heavy atom. The molecule has 0 aliphatic heterocycles. The minimum atomic E-state index is 0.932. The van der Waals surface area contributed by atoms with Gasteiger partial charge in [-0.15, -0.1) is 0 Å². The summed E-state index contributed by atoms with van der Waals surface area (Å²) < 4.78 is 0. The third-order valence-corrected chi connectivity index (χ3v) is 17.5. The molecule has 4 heterocycles. The van der Waals surface area contributed by atoms with Crippen LogP contribution in [0, 0.1) is 27.7 Å². The summed E-state index contributed by atoms with van der Waals surface area (Å²) in [5.41, 5.74) is 20.1. The average molecular weight is 1130 g/mol. The van der Waals surface area contributed by atoms with Crippen LogP contribution in [-0.4, -0.2) is 19.9 Å². The van der Waals surface area contributed by atoms with Gasteiger partial charge in [0.15, 0.2) is 0 Å². The molecule has 0 unspecified atom stereocenters. The summed E-state index contributed by atoms with van der Waals surface area (Å²) in [7, 11) is 0. The molecule has 0 aliphatic rings. The molecular weight excluding hydrogens is 1070 g/mol. The van der Waals surface area contributed by atoms with E-state index < -0.39 is 0 Å². The molecule has 418 valence electrons. The Balaban J connectivity index is 1.11. The highest BCUT2D eigenvalue weighted by Crippen LogP contribution is 2.56. The Bertz CT molecular complexity index is 4740. The summed E-state index contributed by atoms with van der Waals surface area (Å²) in [4.78, 5) is 30.5. The van der Waals surface area contributed by atoms with Crippen LogP contribution in [0.1, 0.15) is 22.3 Å². The number of aromatic nitrogens is 4. The van der Waals surface area contributed by atoms with E-state index in [1.165, 1.54) is 0 Å². The standard InChI is InChI=1S/C80H58N8/c1-51-21-5-17-33-71(51)85(59-41-55-25-9-13-29-67(55)81-47-59)75-45-76(86(72-34-18-6-22-52(72)2)60-42-56-26-10-14-30-68(56)82-48-60)64-39-40-66-78(88(74-36-20-8-24-54(74)4)62-44-58-28-12-16-32-70(58)84-50-62)46-77(65-38-37-63(75)79(64)80(65)66)87(73-35-19-7-23-53(73)3)61-43-57-27-11-15-31-69(57)83-49-61/h5-50H,1-4H3. The third-order valence-electron chi connectivity index (χ3n) is 17.5. The quantitative estimate of drug-likeness (QED) is 0.112. The summed E-state index contributed by atoms with van der Waals surface area (Å²) in [6.07, 6.45) is 8.13. The van der Waals surface area contributed by atoms with Gasteiger partial charge in [-0.25, -0.2) is 0 Å². The van der Waals surface area contributed by atoms with Crippen molar-refractivity contribution in [1.82, 2.24) is 19.9 Å². The van der Waals surface area contributed by atoms with Crippen molar-refractivity contribution >= 4 is 144 Å².